The molecule has 0 saturated heterocycles. The third-order valence-corrected chi connectivity index (χ3v) is 3.95. The van der Waals surface area contributed by atoms with E-state index >= 15 is 0 Å². The lowest BCUT2D eigenvalue weighted by Gasteiger charge is -2.16. The van der Waals surface area contributed by atoms with E-state index in [1.807, 2.05) is 11.8 Å². The smallest absolute Gasteiger partial charge is 0.0853 e. The minimum atomic E-state index is 0.203. The van der Waals surface area contributed by atoms with Gasteiger partial charge in [0.15, 0.2) is 0 Å². The average molecular weight is 219 g/mol. The standard InChI is InChI=1S/C13H17NS/c1-13(2,3)12-14-11(9-15-12)10-7-5-4-6-8-10/h4-8,11H,9H2,1-3H3/t11-/m1/s1. The molecule has 80 valence electrons. The minimum absolute atomic E-state index is 0.203. The van der Waals surface area contributed by atoms with E-state index < -0.39 is 0 Å². The second-order valence-electron chi connectivity index (χ2n) is 4.92. The molecule has 1 nitrogen and oxygen atoms in total. The SMILES string of the molecule is CC(C)(C)C1=N[C@@H](c2ccccc2)CS1. The summed E-state index contributed by atoms with van der Waals surface area (Å²) in [6.45, 7) is 6.69. The molecular formula is C13H17NS. The lowest BCUT2D eigenvalue weighted by Crippen LogP contribution is -2.14. The molecule has 0 amide bonds. The highest BCUT2D eigenvalue weighted by Crippen LogP contribution is 2.37. The molecule has 0 aromatic heterocycles. The summed E-state index contributed by atoms with van der Waals surface area (Å²) in [4.78, 5) is 4.81. The lowest BCUT2D eigenvalue weighted by atomic mass is 9.98. The van der Waals surface area contributed by atoms with E-state index in [0.717, 1.165) is 5.75 Å². The quantitative estimate of drug-likeness (QED) is 0.697. The highest BCUT2D eigenvalue weighted by molar-refractivity contribution is 8.14. The Morgan fingerprint density at radius 1 is 1.20 bits per heavy atom. The second-order valence-corrected chi connectivity index (χ2v) is 5.93. The van der Waals surface area contributed by atoms with Gasteiger partial charge in [-0.25, -0.2) is 0 Å². The van der Waals surface area contributed by atoms with Crippen molar-refractivity contribution >= 4 is 16.8 Å². The van der Waals surface area contributed by atoms with Gasteiger partial charge in [-0.1, -0.05) is 51.1 Å². The van der Waals surface area contributed by atoms with E-state index in [-0.39, 0.29) is 5.41 Å². The Bertz CT molecular complexity index is 362. The fourth-order valence-corrected chi connectivity index (χ4v) is 2.85. The highest BCUT2D eigenvalue weighted by atomic mass is 32.2. The van der Waals surface area contributed by atoms with Crippen LogP contribution in [-0.2, 0) is 0 Å². The summed E-state index contributed by atoms with van der Waals surface area (Å²) >= 11 is 1.90. The van der Waals surface area contributed by atoms with Crippen molar-refractivity contribution in [3.63, 3.8) is 0 Å². The number of hydrogen-bond donors (Lipinski definition) is 0. The van der Waals surface area contributed by atoms with Crippen LogP contribution in [-0.4, -0.2) is 10.8 Å². The van der Waals surface area contributed by atoms with Gasteiger partial charge in [-0.05, 0) is 5.56 Å². The zero-order valence-electron chi connectivity index (χ0n) is 9.53. The second kappa shape index (κ2) is 4.01. The monoisotopic (exact) mass is 219 g/mol. The van der Waals surface area contributed by atoms with Gasteiger partial charge >= 0.3 is 0 Å². The molecule has 0 unspecified atom stereocenters. The molecule has 0 spiro atoms. The fraction of sp³-hybridized carbons (Fsp3) is 0.462. The summed E-state index contributed by atoms with van der Waals surface area (Å²) in [7, 11) is 0. The first-order chi connectivity index (χ1) is 7.07. The van der Waals surface area contributed by atoms with E-state index in [4.69, 9.17) is 4.99 Å². The van der Waals surface area contributed by atoms with Crippen LogP contribution >= 0.6 is 11.8 Å². The molecule has 1 aromatic rings. The van der Waals surface area contributed by atoms with Gasteiger partial charge in [-0.2, -0.15) is 0 Å². The fourth-order valence-electron chi connectivity index (χ4n) is 1.63. The van der Waals surface area contributed by atoms with Gasteiger partial charge in [0.05, 0.1) is 11.1 Å². The highest BCUT2D eigenvalue weighted by Gasteiger charge is 2.27. The molecule has 1 aliphatic heterocycles. The first-order valence-corrected chi connectivity index (χ1v) is 6.32. The maximum absolute atomic E-state index is 4.81. The number of rotatable bonds is 1. The Kier molecular flexibility index (Phi) is 2.87. The topological polar surface area (TPSA) is 12.4 Å². The summed E-state index contributed by atoms with van der Waals surface area (Å²) in [6, 6.07) is 10.9. The van der Waals surface area contributed by atoms with E-state index in [1.54, 1.807) is 0 Å². The number of nitrogens with zero attached hydrogens (tertiary/aromatic N) is 1. The van der Waals surface area contributed by atoms with Crippen molar-refractivity contribution in [3.05, 3.63) is 35.9 Å². The third kappa shape index (κ3) is 2.43. The number of aliphatic imine (C=N–C) groups is 1. The summed E-state index contributed by atoms with van der Waals surface area (Å²) in [5.41, 5.74) is 1.54. The third-order valence-electron chi connectivity index (χ3n) is 2.48. The van der Waals surface area contributed by atoms with Crippen LogP contribution in [0.5, 0.6) is 0 Å². The van der Waals surface area contributed by atoms with E-state index in [9.17, 15) is 0 Å². The molecule has 0 saturated carbocycles. The van der Waals surface area contributed by atoms with Crippen LogP contribution in [0.1, 0.15) is 32.4 Å². The van der Waals surface area contributed by atoms with Gasteiger partial charge in [0.25, 0.3) is 0 Å². The largest absolute Gasteiger partial charge is 0.273 e. The maximum Gasteiger partial charge on any atom is 0.0853 e. The lowest BCUT2D eigenvalue weighted by molar-refractivity contribution is 0.597. The Morgan fingerprint density at radius 3 is 2.40 bits per heavy atom. The van der Waals surface area contributed by atoms with E-state index in [2.05, 4.69) is 51.1 Å². The molecule has 0 bridgehead atoms. The molecule has 0 radical (unpaired) electrons. The predicted molar refractivity (Wildman–Crippen MR) is 68.5 cm³/mol. The Hall–Kier alpha value is -0.760. The van der Waals surface area contributed by atoms with E-state index in [1.165, 1.54) is 10.6 Å². The number of thioether (sulfide) groups is 1. The average Bonchev–Trinajstić information content (AvgIpc) is 2.67. The molecule has 2 heteroatoms. The molecule has 15 heavy (non-hydrogen) atoms. The molecule has 2 rings (SSSR count). The Morgan fingerprint density at radius 2 is 1.87 bits per heavy atom. The van der Waals surface area contributed by atoms with Crippen molar-refractivity contribution in [3.8, 4) is 0 Å². The van der Waals surface area contributed by atoms with Gasteiger partial charge < -0.3 is 0 Å². The zero-order chi connectivity index (χ0) is 10.9. The first kappa shape index (κ1) is 10.7. The van der Waals surface area contributed by atoms with Crippen LogP contribution in [0.3, 0.4) is 0 Å². The van der Waals surface area contributed by atoms with Crippen molar-refractivity contribution in [2.45, 2.75) is 26.8 Å². The van der Waals surface area contributed by atoms with Crippen LogP contribution in [0.4, 0.5) is 0 Å². The maximum atomic E-state index is 4.81. The van der Waals surface area contributed by atoms with Gasteiger partial charge in [0, 0.05) is 11.2 Å². The molecule has 0 N–H and O–H groups in total. The van der Waals surface area contributed by atoms with Crippen LogP contribution < -0.4 is 0 Å². The summed E-state index contributed by atoms with van der Waals surface area (Å²) < 4.78 is 0. The van der Waals surface area contributed by atoms with Gasteiger partial charge in [0.1, 0.15) is 0 Å². The van der Waals surface area contributed by atoms with Crippen LogP contribution in [0.15, 0.2) is 35.3 Å². The van der Waals surface area contributed by atoms with Crippen LogP contribution in [0, 0.1) is 5.41 Å². The van der Waals surface area contributed by atoms with Gasteiger partial charge in [0.2, 0.25) is 0 Å². The molecular weight excluding hydrogens is 202 g/mol. The molecule has 1 aromatic carbocycles. The normalized spacial score (nSPS) is 21.5. The molecule has 1 aliphatic rings. The number of hydrogen-bond acceptors (Lipinski definition) is 2. The van der Waals surface area contributed by atoms with Crippen molar-refractivity contribution < 1.29 is 0 Å². The first-order valence-electron chi connectivity index (χ1n) is 5.33. The van der Waals surface area contributed by atoms with E-state index in [0.29, 0.717) is 6.04 Å². The summed E-state index contributed by atoms with van der Waals surface area (Å²) in [5.74, 6) is 1.09. The Balaban J connectivity index is 2.20. The Labute approximate surface area is 96.0 Å². The molecule has 0 fully saturated rings. The van der Waals surface area contributed by atoms with Crippen molar-refractivity contribution in [1.82, 2.24) is 0 Å². The van der Waals surface area contributed by atoms with Crippen LogP contribution in [0.25, 0.3) is 0 Å². The van der Waals surface area contributed by atoms with Crippen LogP contribution in [0.2, 0.25) is 0 Å². The number of benzene rings is 1. The molecule has 1 heterocycles. The molecule has 1 atom stereocenters. The van der Waals surface area contributed by atoms with Crippen molar-refractivity contribution in [2.75, 3.05) is 5.75 Å². The zero-order valence-corrected chi connectivity index (χ0v) is 10.3. The van der Waals surface area contributed by atoms with Crippen molar-refractivity contribution in [1.29, 1.82) is 0 Å². The van der Waals surface area contributed by atoms with Crippen molar-refractivity contribution in [2.24, 2.45) is 10.4 Å². The van der Waals surface area contributed by atoms with Gasteiger partial charge in [-0.15, -0.1) is 11.8 Å². The minimum Gasteiger partial charge on any atom is -0.273 e. The molecule has 0 aliphatic carbocycles. The predicted octanol–water partition coefficient (Wildman–Crippen LogP) is 3.92. The summed E-state index contributed by atoms with van der Waals surface area (Å²) in [5, 5.41) is 1.29. The summed E-state index contributed by atoms with van der Waals surface area (Å²) in [6.07, 6.45) is 0. The van der Waals surface area contributed by atoms with Gasteiger partial charge in [-0.3, -0.25) is 4.99 Å².